The fourth-order valence-electron chi connectivity index (χ4n) is 2.56. The van der Waals surface area contributed by atoms with Gasteiger partial charge in [0.2, 0.25) is 5.88 Å². The van der Waals surface area contributed by atoms with Crippen LogP contribution in [0, 0.1) is 12.7 Å². The quantitative estimate of drug-likeness (QED) is 0.534. The SMILES string of the molecule is Cc1cc(-c2nnc(-c3cc(F)c(OC[C@H](N)CO)cc3Cl)s2)cc(OC(C)C)n1. The van der Waals surface area contributed by atoms with Crippen molar-refractivity contribution in [3.8, 4) is 32.8 Å². The van der Waals surface area contributed by atoms with Crippen LogP contribution < -0.4 is 15.2 Å². The highest BCUT2D eigenvalue weighted by Crippen LogP contribution is 2.37. The van der Waals surface area contributed by atoms with E-state index in [-0.39, 0.29) is 30.1 Å². The zero-order chi connectivity index (χ0) is 21.8. The molecule has 2 heterocycles. The molecule has 0 amide bonds. The molecular weight excluding hydrogens is 431 g/mol. The summed E-state index contributed by atoms with van der Waals surface area (Å²) in [7, 11) is 0. The van der Waals surface area contributed by atoms with Gasteiger partial charge in [-0.25, -0.2) is 9.37 Å². The molecule has 30 heavy (non-hydrogen) atoms. The number of rotatable bonds is 8. The maximum absolute atomic E-state index is 14.5. The molecule has 3 N–H and O–H groups in total. The van der Waals surface area contributed by atoms with Crippen LogP contribution in [0.4, 0.5) is 4.39 Å². The van der Waals surface area contributed by atoms with E-state index in [9.17, 15) is 4.39 Å². The van der Waals surface area contributed by atoms with E-state index in [2.05, 4.69) is 15.2 Å². The van der Waals surface area contributed by atoms with Crippen LogP contribution in [-0.2, 0) is 0 Å². The van der Waals surface area contributed by atoms with E-state index in [4.69, 9.17) is 31.9 Å². The summed E-state index contributed by atoms with van der Waals surface area (Å²) in [5.74, 6) is -0.148. The van der Waals surface area contributed by atoms with Crippen LogP contribution in [0.25, 0.3) is 21.1 Å². The number of benzene rings is 1. The molecule has 3 aromatic rings. The Bertz CT molecular complexity index is 1030. The number of ether oxygens (including phenoxy) is 2. The van der Waals surface area contributed by atoms with Crippen molar-refractivity contribution in [2.45, 2.75) is 32.9 Å². The standard InChI is InChI=1S/C20H22ClFN4O3S/c1-10(2)29-18-5-12(4-11(3)24-18)19-25-26-20(30-19)14-6-16(22)17(7-15(14)21)28-9-13(23)8-27/h4-7,10,13,27H,8-9,23H2,1-3H3/t13-/m1/s1. The van der Waals surface area contributed by atoms with Crippen molar-refractivity contribution >= 4 is 22.9 Å². The Kier molecular flexibility index (Phi) is 7.19. The first kappa shape index (κ1) is 22.4. The summed E-state index contributed by atoms with van der Waals surface area (Å²) in [5, 5.41) is 18.7. The van der Waals surface area contributed by atoms with Crippen molar-refractivity contribution in [2.75, 3.05) is 13.2 Å². The van der Waals surface area contributed by atoms with Gasteiger partial charge in [-0.3, -0.25) is 0 Å². The van der Waals surface area contributed by atoms with Crippen LogP contribution in [0.3, 0.4) is 0 Å². The van der Waals surface area contributed by atoms with Gasteiger partial charge in [-0.2, -0.15) is 0 Å². The zero-order valence-corrected chi connectivity index (χ0v) is 18.3. The van der Waals surface area contributed by atoms with Crippen molar-refractivity contribution in [3.05, 3.63) is 40.8 Å². The van der Waals surface area contributed by atoms with Gasteiger partial charge in [-0.15, -0.1) is 10.2 Å². The van der Waals surface area contributed by atoms with E-state index in [1.54, 1.807) is 6.07 Å². The number of hydrogen-bond acceptors (Lipinski definition) is 8. The van der Waals surface area contributed by atoms with E-state index in [1.807, 2.05) is 26.8 Å². The monoisotopic (exact) mass is 452 g/mol. The molecule has 0 bridgehead atoms. The van der Waals surface area contributed by atoms with E-state index >= 15 is 0 Å². The third-order valence-corrected chi connectivity index (χ3v) is 5.22. The summed E-state index contributed by atoms with van der Waals surface area (Å²) in [6.45, 7) is 5.42. The molecule has 160 valence electrons. The average Bonchev–Trinajstić information content (AvgIpc) is 3.17. The van der Waals surface area contributed by atoms with Gasteiger partial charge in [0.25, 0.3) is 0 Å². The molecule has 0 radical (unpaired) electrons. The lowest BCUT2D eigenvalue weighted by Gasteiger charge is -2.12. The predicted molar refractivity (Wildman–Crippen MR) is 115 cm³/mol. The Labute approximate surface area is 182 Å². The second kappa shape index (κ2) is 9.65. The lowest BCUT2D eigenvalue weighted by molar-refractivity contribution is 0.202. The Morgan fingerprint density at radius 3 is 2.63 bits per heavy atom. The first-order valence-corrected chi connectivity index (χ1v) is 10.4. The fourth-order valence-corrected chi connectivity index (χ4v) is 3.72. The Balaban J connectivity index is 1.87. The summed E-state index contributed by atoms with van der Waals surface area (Å²) >= 11 is 7.61. The van der Waals surface area contributed by atoms with Gasteiger partial charge < -0.3 is 20.3 Å². The number of aryl methyl sites for hydroxylation is 1. The lowest BCUT2D eigenvalue weighted by atomic mass is 10.2. The van der Waals surface area contributed by atoms with E-state index in [0.29, 0.717) is 21.5 Å². The maximum atomic E-state index is 14.5. The molecule has 0 unspecified atom stereocenters. The van der Waals surface area contributed by atoms with Gasteiger partial charge in [0.05, 0.1) is 23.8 Å². The summed E-state index contributed by atoms with van der Waals surface area (Å²) in [6, 6.07) is 5.67. The summed E-state index contributed by atoms with van der Waals surface area (Å²) in [4.78, 5) is 4.36. The summed E-state index contributed by atoms with van der Waals surface area (Å²) in [6.07, 6.45) is -0.00780. The molecule has 0 fully saturated rings. The van der Waals surface area contributed by atoms with Gasteiger partial charge in [0.1, 0.15) is 16.6 Å². The molecule has 1 atom stereocenters. The molecule has 0 spiro atoms. The number of pyridine rings is 1. The number of nitrogens with two attached hydrogens (primary N) is 1. The smallest absolute Gasteiger partial charge is 0.214 e. The average molecular weight is 453 g/mol. The molecule has 7 nitrogen and oxygen atoms in total. The van der Waals surface area contributed by atoms with E-state index in [1.165, 1.54) is 23.5 Å². The zero-order valence-electron chi connectivity index (χ0n) is 16.7. The molecule has 0 aliphatic carbocycles. The van der Waals surface area contributed by atoms with Crippen LogP contribution in [-0.4, -0.2) is 45.6 Å². The predicted octanol–water partition coefficient (Wildman–Crippen LogP) is 3.85. The number of aromatic nitrogens is 3. The van der Waals surface area contributed by atoms with Crippen molar-refractivity contribution < 1.29 is 19.0 Å². The van der Waals surface area contributed by atoms with Gasteiger partial charge >= 0.3 is 0 Å². The van der Waals surface area contributed by atoms with Crippen LogP contribution >= 0.6 is 22.9 Å². The van der Waals surface area contributed by atoms with Gasteiger partial charge in [0.15, 0.2) is 11.6 Å². The third-order valence-electron chi connectivity index (χ3n) is 3.90. The van der Waals surface area contributed by atoms with E-state index in [0.717, 1.165) is 11.3 Å². The van der Waals surface area contributed by atoms with Gasteiger partial charge in [-0.1, -0.05) is 22.9 Å². The van der Waals surface area contributed by atoms with Gasteiger partial charge in [-0.05, 0) is 32.9 Å². The lowest BCUT2D eigenvalue weighted by Crippen LogP contribution is -2.31. The highest BCUT2D eigenvalue weighted by atomic mass is 35.5. The molecule has 1 aromatic carbocycles. The second-order valence-electron chi connectivity index (χ2n) is 6.93. The molecular formula is C20H22ClFN4O3S. The third kappa shape index (κ3) is 5.42. The van der Waals surface area contributed by atoms with Crippen molar-refractivity contribution in [3.63, 3.8) is 0 Å². The minimum absolute atomic E-state index is 0.00780. The van der Waals surface area contributed by atoms with Crippen LogP contribution in [0.5, 0.6) is 11.6 Å². The summed E-state index contributed by atoms with van der Waals surface area (Å²) in [5.41, 5.74) is 7.57. The summed E-state index contributed by atoms with van der Waals surface area (Å²) < 4.78 is 25.4. The first-order valence-electron chi connectivity index (χ1n) is 9.24. The number of aliphatic hydroxyl groups is 1. The number of nitrogens with zero attached hydrogens (tertiary/aromatic N) is 3. The number of aliphatic hydroxyl groups excluding tert-OH is 1. The van der Waals surface area contributed by atoms with Crippen molar-refractivity contribution in [1.29, 1.82) is 0 Å². The first-order chi connectivity index (χ1) is 14.3. The van der Waals surface area contributed by atoms with Gasteiger partial charge in [0, 0.05) is 29.0 Å². The van der Waals surface area contributed by atoms with Crippen molar-refractivity contribution in [1.82, 2.24) is 15.2 Å². The Morgan fingerprint density at radius 2 is 1.93 bits per heavy atom. The topological polar surface area (TPSA) is 103 Å². The molecule has 0 aliphatic rings. The van der Waals surface area contributed by atoms with E-state index < -0.39 is 11.9 Å². The van der Waals surface area contributed by atoms with Crippen molar-refractivity contribution in [2.24, 2.45) is 5.73 Å². The maximum Gasteiger partial charge on any atom is 0.214 e. The molecule has 10 heteroatoms. The van der Waals surface area contributed by atoms with Crippen LogP contribution in [0.2, 0.25) is 5.02 Å². The molecule has 2 aromatic heterocycles. The minimum atomic E-state index is -0.609. The second-order valence-corrected chi connectivity index (χ2v) is 8.32. The number of hydrogen-bond donors (Lipinski definition) is 2. The Morgan fingerprint density at radius 1 is 1.20 bits per heavy atom. The molecule has 0 aliphatic heterocycles. The Hall–Kier alpha value is -2.33. The van der Waals surface area contributed by atoms with Crippen LogP contribution in [0.1, 0.15) is 19.5 Å². The normalized spacial score (nSPS) is 12.3. The fraction of sp³-hybridized carbons (Fsp3) is 0.350. The number of halogens is 2. The highest BCUT2D eigenvalue weighted by molar-refractivity contribution is 7.18. The molecule has 3 rings (SSSR count). The molecule has 0 saturated carbocycles. The van der Waals surface area contributed by atoms with Crippen LogP contribution in [0.15, 0.2) is 24.3 Å². The highest BCUT2D eigenvalue weighted by Gasteiger charge is 2.17. The molecule has 0 saturated heterocycles. The largest absolute Gasteiger partial charge is 0.489 e. The minimum Gasteiger partial charge on any atom is -0.489 e.